The summed E-state index contributed by atoms with van der Waals surface area (Å²) in [6.45, 7) is 0. The van der Waals surface area contributed by atoms with Crippen molar-refractivity contribution < 1.29 is 0 Å². The molecule has 0 unspecified atom stereocenters. The molecule has 0 atom stereocenters. The number of fused-ring (bicyclic) bond motifs is 2. The fraction of sp³-hybridized carbons (Fsp3) is 0. The molecule has 0 aliphatic heterocycles. The Labute approximate surface area is 354 Å². The van der Waals surface area contributed by atoms with E-state index in [1.165, 1.54) is 16.3 Å². The third kappa shape index (κ3) is 6.94. The Morgan fingerprint density at radius 3 is 1.48 bits per heavy atom. The predicted octanol–water partition coefficient (Wildman–Crippen LogP) is 14.0. The van der Waals surface area contributed by atoms with Crippen molar-refractivity contribution in [3.8, 4) is 90.1 Å². The summed E-state index contributed by atoms with van der Waals surface area (Å²) >= 11 is 0. The van der Waals surface area contributed by atoms with Crippen molar-refractivity contribution in [2.24, 2.45) is 0 Å². The van der Waals surface area contributed by atoms with Crippen LogP contribution in [0.5, 0.6) is 0 Å². The van der Waals surface area contributed by atoms with Crippen LogP contribution in [0.3, 0.4) is 0 Å². The summed E-state index contributed by atoms with van der Waals surface area (Å²) in [5.74, 6) is 1.85. The van der Waals surface area contributed by atoms with E-state index in [2.05, 4.69) is 205 Å². The normalized spacial score (nSPS) is 11.3. The smallest absolute Gasteiger partial charge is 0.164 e. The molecule has 11 rings (SSSR count). The largest absolute Gasteiger partial charge is 0.299 e. The van der Waals surface area contributed by atoms with Crippen molar-refractivity contribution in [3.63, 3.8) is 0 Å². The highest BCUT2D eigenvalue weighted by molar-refractivity contribution is 5.97. The fourth-order valence-corrected chi connectivity index (χ4v) is 8.21. The van der Waals surface area contributed by atoms with Gasteiger partial charge in [-0.3, -0.25) is 4.40 Å². The van der Waals surface area contributed by atoms with E-state index in [0.717, 1.165) is 72.7 Å². The standard InChI is InChI=1S/C56H37N5/c1-3-13-38(14-4-1)39-26-32-45(33-27-39)54-58-55(46-34-28-42(29-35-46)50-22-12-18-41-15-7-8-21-49(41)50)60-56(59-54)48-20-11-19-47(37-48)40-24-30-44(31-25-40)53-52(43-16-5-2-6-17-43)57-51-23-9-10-36-61(51)53/h1-37H. The second-order valence-corrected chi connectivity index (χ2v) is 15.1. The van der Waals surface area contributed by atoms with Crippen molar-refractivity contribution in [3.05, 3.63) is 225 Å². The van der Waals surface area contributed by atoms with Crippen molar-refractivity contribution in [2.75, 3.05) is 0 Å². The number of pyridine rings is 1. The van der Waals surface area contributed by atoms with Crippen LogP contribution in [0, 0.1) is 0 Å². The van der Waals surface area contributed by atoms with Gasteiger partial charge in [0.1, 0.15) is 5.65 Å². The van der Waals surface area contributed by atoms with E-state index >= 15 is 0 Å². The highest BCUT2D eigenvalue weighted by Crippen LogP contribution is 2.36. The van der Waals surface area contributed by atoms with E-state index in [4.69, 9.17) is 19.9 Å². The third-order valence-electron chi connectivity index (χ3n) is 11.3. The molecule has 0 radical (unpaired) electrons. The molecule has 5 heteroatoms. The molecule has 0 spiro atoms. The lowest BCUT2D eigenvalue weighted by Gasteiger charge is -2.11. The zero-order valence-corrected chi connectivity index (χ0v) is 33.1. The summed E-state index contributed by atoms with van der Waals surface area (Å²) < 4.78 is 2.17. The molecular formula is C56H37N5. The lowest BCUT2D eigenvalue weighted by molar-refractivity contribution is 1.07. The van der Waals surface area contributed by atoms with Crippen molar-refractivity contribution in [2.45, 2.75) is 0 Å². The molecule has 0 fully saturated rings. The number of nitrogens with zero attached hydrogens (tertiary/aromatic N) is 5. The molecular weight excluding hydrogens is 743 g/mol. The number of imidazole rings is 1. The Morgan fingerprint density at radius 2 is 0.770 bits per heavy atom. The second-order valence-electron chi connectivity index (χ2n) is 15.1. The maximum absolute atomic E-state index is 5.14. The molecule has 0 aliphatic rings. The number of hydrogen-bond acceptors (Lipinski definition) is 4. The maximum Gasteiger partial charge on any atom is 0.164 e. The van der Waals surface area contributed by atoms with E-state index in [0.29, 0.717) is 17.5 Å². The summed E-state index contributed by atoms with van der Waals surface area (Å²) in [6.07, 6.45) is 2.08. The Kier molecular flexibility index (Phi) is 9.10. The summed E-state index contributed by atoms with van der Waals surface area (Å²) in [4.78, 5) is 20.4. The minimum Gasteiger partial charge on any atom is -0.299 e. The predicted molar refractivity (Wildman–Crippen MR) is 250 cm³/mol. The van der Waals surface area contributed by atoms with Gasteiger partial charge < -0.3 is 0 Å². The molecule has 0 amide bonds. The third-order valence-corrected chi connectivity index (χ3v) is 11.3. The molecule has 0 aliphatic carbocycles. The van der Waals surface area contributed by atoms with Gasteiger partial charge in [-0.25, -0.2) is 19.9 Å². The first-order valence-electron chi connectivity index (χ1n) is 20.5. The van der Waals surface area contributed by atoms with Crippen LogP contribution in [0.25, 0.3) is 106 Å². The average molecular weight is 780 g/mol. The number of benzene rings is 8. The zero-order chi connectivity index (χ0) is 40.5. The first-order chi connectivity index (χ1) is 30.2. The molecule has 0 saturated carbocycles. The summed E-state index contributed by atoms with van der Waals surface area (Å²) in [5, 5.41) is 2.44. The van der Waals surface area contributed by atoms with E-state index in [-0.39, 0.29) is 0 Å². The lowest BCUT2D eigenvalue weighted by Crippen LogP contribution is -2.00. The number of aromatic nitrogens is 5. The van der Waals surface area contributed by atoms with Crippen molar-refractivity contribution in [1.29, 1.82) is 0 Å². The highest BCUT2D eigenvalue weighted by atomic mass is 15.0. The maximum atomic E-state index is 5.14. The SMILES string of the molecule is c1ccc(-c2ccc(-c3nc(-c4ccc(-c5cccc6ccccc56)cc4)nc(-c4cccc(-c5ccc(-c6c(-c7ccccc7)nc7ccccn67)cc5)c4)n3)cc2)cc1. The zero-order valence-electron chi connectivity index (χ0n) is 33.1. The van der Waals surface area contributed by atoms with Gasteiger partial charge in [-0.05, 0) is 62.4 Å². The van der Waals surface area contributed by atoms with Crippen LogP contribution in [0.1, 0.15) is 0 Å². The molecule has 0 N–H and O–H groups in total. The van der Waals surface area contributed by atoms with Gasteiger partial charge in [-0.2, -0.15) is 0 Å². The quantitative estimate of drug-likeness (QED) is 0.154. The number of rotatable bonds is 8. The highest BCUT2D eigenvalue weighted by Gasteiger charge is 2.17. The summed E-state index contributed by atoms with van der Waals surface area (Å²) in [7, 11) is 0. The van der Waals surface area contributed by atoms with Gasteiger partial charge >= 0.3 is 0 Å². The van der Waals surface area contributed by atoms with Gasteiger partial charge in [0.15, 0.2) is 17.5 Å². The minimum atomic E-state index is 0.613. The van der Waals surface area contributed by atoms with Gasteiger partial charge in [0, 0.05) is 34.0 Å². The average Bonchev–Trinajstić information content (AvgIpc) is 3.74. The van der Waals surface area contributed by atoms with Crippen LogP contribution in [0.4, 0.5) is 0 Å². The first-order valence-corrected chi connectivity index (χ1v) is 20.5. The van der Waals surface area contributed by atoms with Crippen LogP contribution in [-0.4, -0.2) is 24.3 Å². The van der Waals surface area contributed by atoms with Crippen LogP contribution in [-0.2, 0) is 0 Å². The Morgan fingerprint density at radius 1 is 0.295 bits per heavy atom. The van der Waals surface area contributed by atoms with Gasteiger partial charge in [-0.15, -0.1) is 0 Å². The fourth-order valence-electron chi connectivity index (χ4n) is 8.21. The molecule has 5 nitrogen and oxygen atoms in total. The second kappa shape index (κ2) is 15.5. The molecule has 286 valence electrons. The molecule has 0 bridgehead atoms. The molecule has 0 saturated heterocycles. The van der Waals surface area contributed by atoms with Crippen molar-refractivity contribution in [1.82, 2.24) is 24.3 Å². The topological polar surface area (TPSA) is 56.0 Å². The van der Waals surface area contributed by atoms with Gasteiger partial charge in [0.2, 0.25) is 0 Å². The molecule has 8 aromatic carbocycles. The molecule has 3 aromatic heterocycles. The molecule has 3 heterocycles. The van der Waals surface area contributed by atoms with Crippen LogP contribution in [0.2, 0.25) is 0 Å². The van der Waals surface area contributed by atoms with Gasteiger partial charge in [0.05, 0.1) is 11.4 Å². The number of hydrogen-bond donors (Lipinski definition) is 0. The molecule has 11 aromatic rings. The van der Waals surface area contributed by atoms with E-state index in [1.807, 2.05) is 24.3 Å². The lowest BCUT2D eigenvalue weighted by atomic mass is 9.97. The molecule has 61 heavy (non-hydrogen) atoms. The van der Waals surface area contributed by atoms with E-state index < -0.39 is 0 Å². The van der Waals surface area contributed by atoms with Crippen LogP contribution < -0.4 is 0 Å². The van der Waals surface area contributed by atoms with Gasteiger partial charge in [0.25, 0.3) is 0 Å². The van der Waals surface area contributed by atoms with Crippen LogP contribution in [0.15, 0.2) is 225 Å². The Balaban J connectivity index is 0.970. The summed E-state index contributed by atoms with van der Waals surface area (Å²) in [6, 6.07) is 76.1. The minimum absolute atomic E-state index is 0.613. The van der Waals surface area contributed by atoms with E-state index in [1.54, 1.807) is 0 Å². The Hall–Kier alpha value is -8.28. The van der Waals surface area contributed by atoms with E-state index in [9.17, 15) is 0 Å². The monoisotopic (exact) mass is 779 g/mol. The first kappa shape index (κ1) is 35.8. The van der Waals surface area contributed by atoms with Crippen molar-refractivity contribution >= 4 is 16.4 Å². The Bertz CT molecular complexity index is 3310. The van der Waals surface area contributed by atoms with Crippen LogP contribution >= 0.6 is 0 Å². The van der Waals surface area contributed by atoms with Gasteiger partial charge in [-0.1, -0.05) is 200 Å². The summed E-state index contributed by atoms with van der Waals surface area (Å²) in [5.41, 5.74) is 14.7.